The van der Waals surface area contributed by atoms with Gasteiger partial charge in [-0.15, -0.1) is 0 Å². The fourth-order valence-corrected chi connectivity index (χ4v) is 2.67. The van der Waals surface area contributed by atoms with Crippen LogP contribution in [0.4, 0.5) is 10.1 Å². The van der Waals surface area contributed by atoms with E-state index < -0.39 is 16.7 Å². The number of carboxylic acids is 1. The zero-order valence-electron chi connectivity index (χ0n) is 13.1. The molecule has 3 aromatic rings. The number of nitro benzene ring substituents is 1. The van der Waals surface area contributed by atoms with E-state index in [1.165, 1.54) is 41.1 Å². The lowest BCUT2D eigenvalue weighted by atomic mass is 10.1. The Morgan fingerprint density at radius 2 is 2.12 bits per heavy atom. The van der Waals surface area contributed by atoms with Gasteiger partial charge in [0.05, 0.1) is 22.7 Å². The maximum Gasteiger partial charge on any atom is 0.328 e. The number of nitrogens with zero attached hydrogens (tertiary/aromatic N) is 3. The fraction of sp³-hybridized carbons (Fsp3) is 0.0588. The molecule has 0 unspecified atom stereocenters. The third-order valence-corrected chi connectivity index (χ3v) is 3.93. The molecular weight excluding hydrogens is 365 g/mol. The topological polar surface area (TPSA) is 98.3 Å². The Kier molecular flexibility index (Phi) is 4.68. The van der Waals surface area contributed by atoms with E-state index in [9.17, 15) is 19.3 Å². The molecule has 26 heavy (non-hydrogen) atoms. The standard InChI is InChI=1S/C17H11ClFN3O4/c18-11-2-1-10(14(19)7-11)9-21-16-8-12(22(25)26)3-4-13(16)15(20-21)5-6-17(23)24/h1-8H,9H2,(H,23,24)/b6-5+. The molecule has 0 radical (unpaired) electrons. The predicted octanol–water partition coefficient (Wildman–Crippen LogP) is 3.88. The van der Waals surface area contributed by atoms with Crippen molar-refractivity contribution in [1.82, 2.24) is 9.78 Å². The highest BCUT2D eigenvalue weighted by molar-refractivity contribution is 6.30. The lowest BCUT2D eigenvalue weighted by Crippen LogP contribution is -2.04. The van der Waals surface area contributed by atoms with Crippen LogP contribution in [0.15, 0.2) is 42.5 Å². The fourth-order valence-electron chi connectivity index (χ4n) is 2.51. The molecule has 0 saturated heterocycles. The Balaban J connectivity index is 2.14. The molecule has 1 N–H and O–H groups in total. The largest absolute Gasteiger partial charge is 0.478 e. The first-order valence-electron chi connectivity index (χ1n) is 7.35. The molecule has 2 aromatic carbocycles. The molecule has 0 aliphatic carbocycles. The Hall–Kier alpha value is -3.26. The van der Waals surface area contributed by atoms with Gasteiger partial charge in [-0.25, -0.2) is 9.18 Å². The van der Waals surface area contributed by atoms with Gasteiger partial charge in [-0.05, 0) is 24.3 Å². The summed E-state index contributed by atoms with van der Waals surface area (Å²) >= 11 is 5.74. The van der Waals surface area contributed by atoms with Crippen LogP contribution in [0.3, 0.4) is 0 Å². The molecule has 1 aromatic heterocycles. The monoisotopic (exact) mass is 375 g/mol. The summed E-state index contributed by atoms with van der Waals surface area (Å²) in [6.07, 6.45) is 2.20. The van der Waals surface area contributed by atoms with E-state index in [0.717, 1.165) is 12.1 Å². The number of halogens is 2. The number of aliphatic carboxylic acids is 1. The van der Waals surface area contributed by atoms with E-state index in [1.807, 2.05) is 0 Å². The SMILES string of the molecule is O=C(O)/C=C/c1nn(Cc2ccc(Cl)cc2F)c2cc([N+](=O)[O-])ccc12. The van der Waals surface area contributed by atoms with Gasteiger partial charge in [-0.1, -0.05) is 17.7 Å². The second kappa shape index (κ2) is 6.93. The van der Waals surface area contributed by atoms with Crippen LogP contribution in [0.2, 0.25) is 5.02 Å². The number of carbonyl (C=O) groups is 1. The smallest absolute Gasteiger partial charge is 0.328 e. The molecule has 0 spiro atoms. The molecule has 0 fully saturated rings. The molecule has 9 heteroatoms. The lowest BCUT2D eigenvalue weighted by molar-refractivity contribution is -0.384. The molecular formula is C17H11ClFN3O4. The van der Waals surface area contributed by atoms with Crippen molar-refractivity contribution >= 4 is 40.2 Å². The highest BCUT2D eigenvalue weighted by atomic mass is 35.5. The summed E-state index contributed by atoms with van der Waals surface area (Å²) in [6, 6.07) is 8.28. The maximum absolute atomic E-state index is 14.1. The van der Waals surface area contributed by atoms with Gasteiger partial charge in [0.15, 0.2) is 0 Å². The molecule has 0 atom stereocenters. The van der Waals surface area contributed by atoms with Crippen molar-refractivity contribution in [2.75, 3.05) is 0 Å². The lowest BCUT2D eigenvalue weighted by Gasteiger charge is -2.05. The molecule has 132 valence electrons. The first-order valence-corrected chi connectivity index (χ1v) is 7.73. The van der Waals surface area contributed by atoms with Crippen molar-refractivity contribution in [3.63, 3.8) is 0 Å². The summed E-state index contributed by atoms with van der Waals surface area (Å²) in [4.78, 5) is 21.2. The first-order chi connectivity index (χ1) is 12.3. The maximum atomic E-state index is 14.1. The van der Waals surface area contributed by atoms with Crippen LogP contribution in [-0.4, -0.2) is 25.8 Å². The third kappa shape index (κ3) is 3.55. The minimum absolute atomic E-state index is 0.00157. The van der Waals surface area contributed by atoms with Crippen LogP contribution < -0.4 is 0 Å². The number of carboxylic acid groups (broad SMARTS) is 1. The van der Waals surface area contributed by atoms with Crippen LogP contribution in [0.25, 0.3) is 17.0 Å². The average Bonchev–Trinajstić information content (AvgIpc) is 2.92. The predicted molar refractivity (Wildman–Crippen MR) is 93.6 cm³/mol. The van der Waals surface area contributed by atoms with E-state index in [0.29, 0.717) is 22.2 Å². The summed E-state index contributed by atoms with van der Waals surface area (Å²) in [7, 11) is 0. The third-order valence-electron chi connectivity index (χ3n) is 3.69. The van der Waals surface area contributed by atoms with Crippen molar-refractivity contribution in [1.29, 1.82) is 0 Å². The molecule has 0 saturated carbocycles. The zero-order chi connectivity index (χ0) is 18.8. The summed E-state index contributed by atoms with van der Waals surface area (Å²) in [5.41, 5.74) is 0.841. The van der Waals surface area contributed by atoms with Gasteiger partial charge in [0.2, 0.25) is 0 Å². The highest BCUT2D eigenvalue weighted by Gasteiger charge is 2.15. The quantitative estimate of drug-likeness (QED) is 0.414. The van der Waals surface area contributed by atoms with Crippen molar-refractivity contribution in [2.45, 2.75) is 6.54 Å². The minimum atomic E-state index is -1.15. The number of aromatic nitrogens is 2. The number of fused-ring (bicyclic) bond motifs is 1. The summed E-state index contributed by atoms with van der Waals surface area (Å²) < 4.78 is 15.5. The highest BCUT2D eigenvalue weighted by Crippen LogP contribution is 2.26. The van der Waals surface area contributed by atoms with E-state index in [2.05, 4.69) is 5.10 Å². The molecule has 0 aliphatic rings. The second-order valence-electron chi connectivity index (χ2n) is 5.41. The van der Waals surface area contributed by atoms with Crippen LogP contribution in [0.1, 0.15) is 11.3 Å². The van der Waals surface area contributed by atoms with E-state index in [4.69, 9.17) is 16.7 Å². The second-order valence-corrected chi connectivity index (χ2v) is 5.85. The van der Waals surface area contributed by atoms with Gasteiger partial charge in [-0.2, -0.15) is 5.10 Å². The zero-order valence-corrected chi connectivity index (χ0v) is 13.9. The van der Waals surface area contributed by atoms with E-state index in [-0.39, 0.29) is 17.3 Å². The van der Waals surface area contributed by atoms with Crippen LogP contribution >= 0.6 is 11.6 Å². The minimum Gasteiger partial charge on any atom is -0.478 e. The van der Waals surface area contributed by atoms with Crippen molar-refractivity contribution in [2.24, 2.45) is 0 Å². The Morgan fingerprint density at radius 1 is 1.35 bits per heavy atom. The number of hydrogen-bond donors (Lipinski definition) is 1. The van der Waals surface area contributed by atoms with Crippen molar-refractivity contribution < 1.29 is 19.2 Å². The number of non-ortho nitro benzene ring substituents is 1. The first kappa shape index (κ1) is 17.6. The number of hydrogen-bond acceptors (Lipinski definition) is 4. The van der Waals surface area contributed by atoms with Crippen LogP contribution in [0, 0.1) is 15.9 Å². The Morgan fingerprint density at radius 3 is 2.77 bits per heavy atom. The number of nitro groups is 1. The Labute approximate surface area is 151 Å². The van der Waals surface area contributed by atoms with Gasteiger partial charge in [0.25, 0.3) is 5.69 Å². The van der Waals surface area contributed by atoms with Crippen LogP contribution in [0.5, 0.6) is 0 Å². The Bertz CT molecular complexity index is 1060. The van der Waals surface area contributed by atoms with Crippen LogP contribution in [-0.2, 0) is 11.3 Å². The molecule has 7 nitrogen and oxygen atoms in total. The number of benzene rings is 2. The van der Waals surface area contributed by atoms with Gasteiger partial charge < -0.3 is 5.11 Å². The molecule has 0 amide bonds. The summed E-state index contributed by atoms with van der Waals surface area (Å²) in [5, 5.41) is 24.9. The van der Waals surface area contributed by atoms with E-state index in [1.54, 1.807) is 0 Å². The van der Waals surface area contributed by atoms with Gasteiger partial charge in [0, 0.05) is 34.2 Å². The number of rotatable bonds is 5. The average molecular weight is 376 g/mol. The molecule has 0 bridgehead atoms. The molecule has 3 rings (SSSR count). The summed E-state index contributed by atoms with van der Waals surface area (Å²) in [5.74, 6) is -1.69. The van der Waals surface area contributed by atoms with Crippen molar-refractivity contribution in [3.8, 4) is 0 Å². The summed E-state index contributed by atoms with van der Waals surface area (Å²) in [6.45, 7) is 0.00157. The molecule has 0 aliphatic heterocycles. The van der Waals surface area contributed by atoms with Gasteiger partial charge in [-0.3, -0.25) is 14.8 Å². The normalized spacial score (nSPS) is 11.3. The van der Waals surface area contributed by atoms with E-state index >= 15 is 0 Å². The van der Waals surface area contributed by atoms with Gasteiger partial charge >= 0.3 is 5.97 Å². The van der Waals surface area contributed by atoms with Crippen molar-refractivity contribution in [3.05, 3.63) is 74.7 Å². The van der Waals surface area contributed by atoms with Gasteiger partial charge in [0.1, 0.15) is 5.82 Å². The molecule has 1 heterocycles.